The summed E-state index contributed by atoms with van der Waals surface area (Å²) in [5, 5.41) is 9.30. The summed E-state index contributed by atoms with van der Waals surface area (Å²) < 4.78 is 2.16. The van der Waals surface area contributed by atoms with E-state index in [1.807, 2.05) is 12.1 Å². The van der Waals surface area contributed by atoms with Crippen LogP contribution in [-0.4, -0.2) is 20.7 Å². The Morgan fingerprint density at radius 3 is 2.57 bits per heavy atom. The predicted octanol–water partition coefficient (Wildman–Crippen LogP) is 1.46. The van der Waals surface area contributed by atoms with Crippen LogP contribution in [0.15, 0.2) is 29.4 Å². The normalized spacial score (nSPS) is 14.3. The van der Waals surface area contributed by atoms with Gasteiger partial charge in [-0.05, 0) is 30.5 Å². The molecule has 1 saturated carbocycles. The molecule has 2 aromatic rings. The van der Waals surface area contributed by atoms with Crippen LogP contribution < -0.4 is 11.5 Å². The first-order valence-corrected chi connectivity index (χ1v) is 7.83. The second kappa shape index (κ2) is 5.87. The van der Waals surface area contributed by atoms with Gasteiger partial charge in [-0.2, -0.15) is 0 Å². The number of hydrogen-bond donors (Lipinski definition) is 2. The molecule has 1 aromatic heterocycles. The Bertz CT molecular complexity index is 648. The molecule has 1 aliphatic rings. The van der Waals surface area contributed by atoms with E-state index in [9.17, 15) is 4.79 Å². The van der Waals surface area contributed by atoms with E-state index in [-0.39, 0.29) is 0 Å². The van der Waals surface area contributed by atoms with Gasteiger partial charge in [0.1, 0.15) is 5.82 Å². The lowest BCUT2D eigenvalue weighted by molar-refractivity contribution is 0.100. The molecule has 0 unspecified atom stereocenters. The zero-order valence-electron chi connectivity index (χ0n) is 11.5. The van der Waals surface area contributed by atoms with Crippen molar-refractivity contribution in [2.45, 2.75) is 36.3 Å². The van der Waals surface area contributed by atoms with E-state index in [1.54, 1.807) is 23.9 Å². The summed E-state index contributed by atoms with van der Waals surface area (Å²) in [6.45, 7) is 0.414. The smallest absolute Gasteiger partial charge is 0.248 e. The SMILES string of the molecule is NCc1nnc(SCc2ccc(C(N)=O)cc2)n1C1CC1. The number of hydrogen-bond acceptors (Lipinski definition) is 5. The summed E-state index contributed by atoms with van der Waals surface area (Å²) in [5.74, 6) is 1.22. The van der Waals surface area contributed by atoms with Gasteiger partial charge in [0, 0.05) is 17.4 Å². The Balaban J connectivity index is 1.70. The Hall–Kier alpha value is -1.86. The fourth-order valence-electron chi connectivity index (χ4n) is 2.16. The van der Waals surface area contributed by atoms with E-state index in [0.29, 0.717) is 18.2 Å². The van der Waals surface area contributed by atoms with Crippen LogP contribution in [0.4, 0.5) is 0 Å². The number of carbonyl (C=O) groups is 1. The van der Waals surface area contributed by atoms with Gasteiger partial charge < -0.3 is 16.0 Å². The van der Waals surface area contributed by atoms with Gasteiger partial charge in [0.25, 0.3) is 0 Å². The number of amides is 1. The van der Waals surface area contributed by atoms with Crippen LogP contribution in [0, 0.1) is 0 Å². The molecule has 0 atom stereocenters. The summed E-state index contributed by atoms with van der Waals surface area (Å²) in [6, 6.07) is 7.83. The number of benzene rings is 1. The maximum Gasteiger partial charge on any atom is 0.248 e. The first-order chi connectivity index (χ1) is 10.2. The second-order valence-electron chi connectivity index (χ2n) is 5.05. The van der Waals surface area contributed by atoms with Gasteiger partial charge in [0.2, 0.25) is 5.91 Å². The molecule has 1 heterocycles. The molecule has 6 nitrogen and oxygen atoms in total. The summed E-state index contributed by atoms with van der Waals surface area (Å²) in [6.07, 6.45) is 2.35. The number of thioether (sulfide) groups is 1. The van der Waals surface area contributed by atoms with Crippen molar-refractivity contribution in [2.75, 3.05) is 0 Å². The average molecular weight is 303 g/mol. The number of aromatic nitrogens is 3. The maximum atomic E-state index is 11.0. The van der Waals surface area contributed by atoms with Gasteiger partial charge >= 0.3 is 0 Å². The van der Waals surface area contributed by atoms with E-state index in [0.717, 1.165) is 22.3 Å². The number of rotatable bonds is 6. The van der Waals surface area contributed by atoms with Crippen molar-refractivity contribution < 1.29 is 4.79 Å². The van der Waals surface area contributed by atoms with E-state index < -0.39 is 5.91 Å². The fraction of sp³-hybridized carbons (Fsp3) is 0.357. The van der Waals surface area contributed by atoms with E-state index in [1.165, 1.54) is 12.8 Å². The lowest BCUT2D eigenvalue weighted by Crippen LogP contribution is -2.10. The minimum atomic E-state index is -0.407. The van der Waals surface area contributed by atoms with Crippen LogP contribution >= 0.6 is 11.8 Å². The average Bonchev–Trinajstić information content (AvgIpc) is 3.25. The zero-order chi connectivity index (χ0) is 14.8. The monoisotopic (exact) mass is 303 g/mol. The van der Waals surface area contributed by atoms with Crippen molar-refractivity contribution in [1.82, 2.24) is 14.8 Å². The van der Waals surface area contributed by atoms with Crippen molar-refractivity contribution in [3.05, 3.63) is 41.2 Å². The van der Waals surface area contributed by atoms with Crippen molar-refractivity contribution in [3.63, 3.8) is 0 Å². The minimum absolute atomic E-state index is 0.407. The van der Waals surface area contributed by atoms with Crippen molar-refractivity contribution in [3.8, 4) is 0 Å². The number of nitrogens with zero attached hydrogens (tertiary/aromatic N) is 3. The zero-order valence-corrected chi connectivity index (χ0v) is 12.3. The van der Waals surface area contributed by atoms with Gasteiger partial charge in [-0.25, -0.2) is 0 Å². The van der Waals surface area contributed by atoms with Crippen LogP contribution in [0.1, 0.15) is 40.6 Å². The van der Waals surface area contributed by atoms with Crippen LogP contribution in [0.3, 0.4) is 0 Å². The highest BCUT2D eigenvalue weighted by Gasteiger charge is 2.29. The fourth-order valence-corrected chi connectivity index (χ4v) is 3.14. The predicted molar refractivity (Wildman–Crippen MR) is 80.7 cm³/mol. The molecule has 0 bridgehead atoms. The molecule has 110 valence electrons. The first kappa shape index (κ1) is 14.1. The Labute approximate surface area is 126 Å². The molecular formula is C14H17N5OS. The topological polar surface area (TPSA) is 99.8 Å². The molecule has 4 N–H and O–H groups in total. The van der Waals surface area contributed by atoms with Crippen LogP contribution in [0.5, 0.6) is 0 Å². The number of nitrogens with two attached hydrogens (primary N) is 2. The van der Waals surface area contributed by atoms with Crippen LogP contribution in [0.25, 0.3) is 0 Å². The van der Waals surface area contributed by atoms with Crippen molar-refractivity contribution >= 4 is 17.7 Å². The Morgan fingerprint density at radius 1 is 1.29 bits per heavy atom. The quantitative estimate of drug-likeness (QED) is 0.787. The van der Waals surface area contributed by atoms with E-state index >= 15 is 0 Å². The third-order valence-electron chi connectivity index (χ3n) is 3.44. The number of carbonyl (C=O) groups excluding carboxylic acids is 1. The molecule has 0 radical (unpaired) electrons. The molecule has 21 heavy (non-hydrogen) atoms. The van der Waals surface area contributed by atoms with Gasteiger partial charge in [0.05, 0.1) is 6.54 Å². The summed E-state index contributed by atoms with van der Waals surface area (Å²) in [5.41, 5.74) is 12.6. The van der Waals surface area contributed by atoms with Gasteiger partial charge in [-0.15, -0.1) is 10.2 Å². The molecule has 3 rings (SSSR count). The van der Waals surface area contributed by atoms with Gasteiger partial charge in [-0.1, -0.05) is 23.9 Å². The molecule has 1 fully saturated rings. The molecule has 0 saturated heterocycles. The van der Waals surface area contributed by atoms with Gasteiger partial charge in [0.15, 0.2) is 5.16 Å². The maximum absolute atomic E-state index is 11.0. The third kappa shape index (κ3) is 3.08. The van der Waals surface area contributed by atoms with E-state index in [4.69, 9.17) is 11.5 Å². The Morgan fingerprint density at radius 2 is 2.00 bits per heavy atom. The Kier molecular flexibility index (Phi) is 3.94. The summed E-state index contributed by atoms with van der Waals surface area (Å²) in [7, 11) is 0. The van der Waals surface area contributed by atoms with Crippen LogP contribution in [-0.2, 0) is 12.3 Å². The lowest BCUT2D eigenvalue weighted by Gasteiger charge is -2.07. The molecule has 1 aliphatic carbocycles. The van der Waals surface area contributed by atoms with Crippen molar-refractivity contribution in [1.29, 1.82) is 0 Å². The molecule has 1 amide bonds. The highest BCUT2D eigenvalue weighted by atomic mass is 32.2. The highest BCUT2D eigenvalue weighted by Crippen LogP contribution is 2.39. The van der Waals surface area contributed by atoms with Crippen molar-refractivity contribution in [2.24, 2.45) is 11.5 Å². The molecule has 1 aromatic carbocycles. The highest BCUT2D eigenvalue weighted by molar-refractivity contribution is 7.98. The lowest BCUT2D eigenvalue weighted by atomic mass is 10.1. The third-order valence-corrected chi connectivity index (χ3v) is 4.45. The summed E-state index contributed by atoms with van der Waals surface area (Å²) >= 11 is 1.64. The molecule has 0 spiro atoms. The largest absolute Gasteiger partial charge is 0.366 e. The first-order valence-electron chi connectivity index (χ1n) is 6.84. The standard InChI is InChI=1S/C14H17N5OS/c15-7-12-17-18-14(19(12)11-5-6-11)21-8-9-1-3-10(4-2-9)13(16)20/h1-4,11H,5-8,15H2,(H2,16,20). The van der Waals surface area contributed by atoms with Gasteiger partial charge in [-0.3, -0.25) is 4.79 Å². The second-order valence-corrected chi connectivity index (χ2v) is 6.00. The van der Waals surface area contributed by atoms with E-state index in [2.05, 4.69) is 14.8 Å². The minimum Gasteiger partial charge on any atom is -0.366 e. The number of primary amides is 1. The molecular weight excluding hydrogens is 286 g/mol. The molecule has 0 aliphatic heterocycles. The molecule has 7 heteroatoms. The summed E-state index contributed by atoms with van der Waals surface area (Å²) in [4.78, 5) is 11.0. The van der Waals surface area contributed by atoms with Crippen LogP contribution in [0.2, 0.25) is 0 Å².